The average Bonchev–Trinajstić information content (AvgIpc) is 2.19. The molecule has 0 aromatic heterocycles. The van der Waals surface area contributed by atoms with E-state index in [1.807, 2.05) is 23.9 Å². The van der Waals surface area contributed by atoms with E-state index in [0.29, 0.717) is 0 Å². The Balaban J connectivity index is 2.32. The highest BCUT2D eigenvalue weighted by atomic mass is 32.2. The first-order chi connectivity index (χ1) is 6.72. The molecule has 1 aliphatic heterocycles. The van der Waals surface area contributed by atoms with E-state index in [1.165, 1.54) is 11.3 Å². The summed E-state index contributed by atoms with van der Waals surface area (Å²) in [4.78, 5) is 0. The Hall–Kier alpha value is -0.470. The maximum Gasteiger partial charge on any atom is 0.0989 e. The normalized spacial score (nSPS) is 27.6. The Morgan fingerprint density at radius 3 is 2.79 bits per heavy atom. The molecule has 1 aromatic rings. The molecule has 1 aliphatic rings. The first-order valence-corrected chi connectivity index (χ1v) is 6.24. The van der Waals surface area contributed by atoms with Gasteiger partial charge in [-0.15, -0.1) is 0 Å². The van der Waals surface area contributed by atoms with Crippen LogP contribution in [0.2, 0.25) is 0 Å². The molecule has 1 nitrogen and oxygen atoms in total. The summed E-state index contributed by atoms with van der Waals surface area (Å²) in [7, 11) is 0. The molecule has 1 fully saturated rings. The maximum absolute atomic E-state index is 10.5. The summed E-state index contributed by atoms with van der Waals surface area (Å²) < 4.78 is 0. The first kappa shape index (κ1) is 10.1. The molecule has 76 valence electrons. The Kier molecular flexibility index (Phi) is 2.84. The summed E-state index contributed by atoms with van der Waals surface area (Å²) >= 11 is 1.86. The van der Waals surface area contributed by atoms with Gasteiger partial charge in [0, 0.05) is 5.75 Å². The van der Waals surface area contributed by atoms with Crippen molar-refractivity contribution in [2.75, 3.05) is 11.5 Å². The first-order valence-electron chi connectivity index (χ1n) is 5.09. The van der Waals surface area contributed by atoms with E-state index in [2.05, 4.69) is 19.1 Å². The highest BCUT2D eigenvalue weighted by Gasteiger charge is 2.32. The van der Waals surface area contributed by atoms with Gasteiger partial charge in [0.05, 0.1) is 5.60 Å². The minimum absolute atomic E-state index is 0.575. The summed E-state index contributed by atoms with van der Waals surface area (Å²) in [6.07, 6.45) is 2.03. The second kappa shape index (κ2) is 3.95. The zero-order valence-electron chi connectivity index (χ0n) is 8.49. The van der Waals surface area contributed by atoms with Crippen molar-refractivity contribution in [2.45, 2.75) is 25.4 Å². The quantitative estimate of drug-likeness (QED) is 0.765. The molecule has 0 aliphatic carbocycles. The number of rotatable bonds is 1. The molecule has 2 heteroatoms. The second-order valence-corrected chi connectivity index (χ2v) is 5.11. The van der Waals surface area contributed by atoms with E-state index in [0.717, 1.165) is 24.2 Å². The number of aliphatic hydroxyl groups is 1. The lowest BCUT2D eigenvalue weighted by atomic mass is 9.88. The molecule has 1 N–H and O–H groups in total. The molecule has 0 bridgehead atoms. The van der Waals surface area contributed by atoms with Crippen LogP contribution in [0.4, 0.5) is 0 Å². The third kappa shape index (κ3) is 1.82. The Labute approximate surface area is 89.5 Å². The molecular formula is C12H16OS. The smallest absolute Gasteiger partial charge is 0.0989 e. The van der Waals surface area contributed by atoms with Gasteiger partial charge >= 0.3 is 0 Å². The van der Waals surface area contributed by atoms with Gasteiger partial charge in [-0.3, -0.25) is 0 Å². The standard InChI is InChI=1S/C12H16OS/c1-10-5-2-3-6-11(10)12(13)7-4-8-14-9-12/h2-3,5-6,13H,4,7-9H2,1H3/t12-/m0/s1. The second-order valence-electron chi connectivity index (χ2n) is 4.00. The zero-order chi connectivity index (χ0) is 10.0. The van der Waals surface area contributed by atoms with E-state index in [4.69, 9.17) is 0 Å². The van der Waals surface area contributed by atoms with Gasteiger partial charge in [-0.05, 0) is 36.6 Å². The van der Waals surface area contributed by atoms with Gasteiger partial charge in [0.15, 0.2) is 0 Å². The van der Waals surface area contributed by atoms with Gasteiger partial charge in [0.2, 0.25) is 0 Å². The molecule has 2 rings (SSSR count). The van der Waals surface area contributed by atoms with Crippen molar-refractivity contribution in [3.63, 3.8) is 0 Å². The van der Waals surface area contributed by atoms with Crippen molar-refractivity contribution in [3.05, 3.63) is 35.4 Å². The van der Waals surface area contributed by atoms with Crippen LogP contribution in [0.1, 0.15) is 24.0 Å². The van der Waals surface area contributed by atoms with Crippen LogP contribution in [0.5, 0.6) is 0 Å². The van der Waals surface area contributed by atoms with E-state index < -0.39 is 5.60 Å². The highest BCUT2D eigenvalue weighted by molar-refractivity contribution is 7.99. The molecule has 0 saturated carbocycles. The van der Waals surface area contributed by atoms with Gasteiger partial charge < -0.3 is 5.11 Å². The number of hydrogen-bond acceptors (Lipinski definition) is 2. The Morgan fingerprint density at radius 2 is 2.14 bits per heavy atom. The summed E-state index contributed by atoms with van der Waals surface area (Å²) in [5.41, 5.74) is 1.75. The fourth-order valence-electron chi connectivity index (χ4n) is 2.09. The third-order valence-corrected chi connectivity index (χ3v) is 4.13. The number of aryl methyl sites for hydroxylation is 1. The van der Waals surface area contributed by atoms with Gasteiger partial charge in [-0.2, -0.15) is 11.8 Å². The molecular weight excluding hydrogens is 192 g/mol. The van der Waals surface area contributed by atoms with E-state index >= 15 is 0 Å². The molecule has 0 amide bonds. The minimum atomic E-state index is -0.575. The van der Waals surface area contributed by atoms with Crippen LogP contribution >= 0.6 is 11.8 Å². The predicted octanol–water partition coefficient (Wildman–Crippen LogP) is 2.71. The van der Waals surface area contributed by atoms with E-state index in [9.17, 15) is 5.11 Å². The molecule has 1 atom stereocenters. The lowest BCUT2D eigenvalue weighted by Crippen LogP contribution is -2.32. The topological polar surface area (TPSA) is 20.2 Å². The van der Waals surface area contributed by atoms with E-state index in [1.54, 1.807) is 0 Å². The Morgan fingerprint density at radius 1 is 1.36 bits per heavy atom. The largest absolute Gasteiger partial charge is 0.384 e. The van der Waals surface area contributed by atoms with Crippen LogP contribution < -0.4 is 0 Å². The van der Waals surface area contributed by atoms with Crippen LogP contribution in [0.15, 0.2) is 24.3 Å². The molecule has 1 saturated heterocycles. The van der Waals surface area contributed by atoms with Crippen molar-refractivity contribution < 1.29 is 5.11 Å². The fourth-order valence-corrected chi connectivity index (χ4v) is 3.22. The average molecular weight is 208 g/mol. The molecule has 14 heavy (non-hydrogen) atoms. The highest BCUT2D eigenvalue weighted by Crippen LogP contribution is 2.36. The lowest BCUT2D eigenvalue weighted by molar-refractivity contribution is 0.0489. The van der Waals surface area contributed by atoms with Crippen LogP contribution in [-0.4, -0.2) is 16.6 Å². The maximum atomic E-state index is 10.5. The molecule has 0 unspecified atom stereocenters. The van der Waals surface area contributed by atoms with Crippen LogP contribution in [0.25, 0.3) is 0 Å². The van der Waals surface area contributed by atoms with Crippen molar-refractivity contribution in [1.29, 1.82) is 0 Å². The van der Waals surface area contributed by atoms with E-state index in [-0.39, 0.29) is 0 Å². The van der Waals surface area contributed by atoms with Crippen LogP contribution in [-0.2, 0) is 5.60 Å². The van der Waals surface area contributed by atoms with Crippen molar-refractivity contribution in [2.24, 2.45) is 0 Å². The predicted molar refractivity (Wildman–Crippen MR) is 61.6 cm³/mol. The fraction of sp³-hybridized carbons (Fsp3) is 0.500. The molecule has 1 aromatic carbocycles. The molecule has 1 heterocycles. The summed E-state index contributed by atoms with van der Waals surface area (Å²) in [6.45, 7) is 2.08. The van der Waals surface area contributed by atoms with Gasteiger partial charge in [0.1, 0.15) is 0 Å². The van der Waals surface area contributed by atoms with Crippen molar-refractivity contribution >= 4 is 11.8 Å². The summed E-state index contributed by atoms with van der Waals surface area (Å²) in [5.74, 6) is 2.03. The number of benzene rings is 1. The third-order valence-electron chi connectivity index (χ3n) is 2.87. The summed E-state index contributed by atoms with van der Waals surface area (Å²) in [6, 6.07) is 8.17. The van der Waals surface area contributed by atoms with Gasteiger partial charge in [-0.25, -0.2) is 0 Å². The minimum Gasteiger partial charge on any atom is -0.384 e. The Bertz CT molecular complexity index is 316. The SMILES string of the molecule is Cc1ccccc1[C@]1(O)CCCSC1. The number of hydrogen-bond donors (Lipinski definition) is 1. The van der Waals surface area contributed by atoms with Crippen LogP contribution in [0, 0.1) is 6.92 Å². The van der Waals surface area contributed by atoms with Gasteiger partial charge in [0.25, 0.3) is 0 Å². The van der Waals surface area contributed by atoms with Crippen molar-refractivity contribution in [1.82, 2.24) is 0 Å². The lowest BCUT2D eigenvalue weighted by Gasteiger charge is -2.33. The molecule has 0 spiro atoms. The van der Waals surface area contributed by atoms with Crippen molar-refractivity contribution in [3.8, 4) is 0 Å². The zero-order valence-corrected chi connectivity index (χ0v) is 9.31. The van der Waals surface area contributed by atoms with Gasteiger partial charge in [-0.1, -0.05) is 24.3 Å². The van der Waals surface area contributed by atoms with Crippen LogP contribution in [0.3, 0.4) is 0 Å². The molecule has 0 radical (unpaired) electrons. The number of thioether (sulfide) groups is 1. The monoisotopic (exact) mass is 208 g/mol. The summed E-state index contributed by atoms with van der Waals surface area (Å²) in [5, 5.41) is 10.5.